The molecule has 0 aliphatic rings. The predicted octanol–water partition coefficient (Wildman–Crippen LogP) is 4.20. The second kappa shape index (κ2) is 8.31. The summed E-state index contributed by atoms with van der Waals surface area (Å²) in [5, 5.41) is 8.85. The number of benzene rings is 2. The normalized spacial score (nSPS) is 10.4. The summed E-state index contributed by atoms with van der Waals surface area (Å²) in [5.41, 5.74) is 2.25. The highest BCUT2D eigenvalue weighted by atomic mass is 16.5. The third kappa shape index (κ3) is 4.82. The molecule has 0 spiro atoms. The number of hydrogen-bond donors (Lipinski definition) is 1. The number of carboxylic acid groups (broad SMARTS) is 1. The number of methoxy groups -OCH3 is 1. The van der Waals surface area contributed by atoms with E-state index in [9.17, 15) is 4.79 Å². The zero-order chi connectivity index (χ0) is 19.2. The molecule has 0 aliphatic heterocycles. The second-order valence-electron chi connectivity index (χ2n) is 6.06. The van der Waals surface area contributed by atoms with Crippen LogP contribution in [0.2, 0.25) is 0 Å². The van der Waals surface area contributed by atoms with Gasteiger partial charge in [0.15, 0.2) is 0 Å². The first kappa shape index (κ1) is 18.4. The van der Waals surface area contributed by atoms with Crippen LogP contribution in [-0.4, -0.2) is 25.2 Å². The lowest BCUT2D eigenvalue weighted by Gasteiger charge is -2.20. The van der Waals surface area contributed by atoms with Gasteiger partial charge < -0.3 is 23.9 Å². The lowest BCUT2D eigenvalue weighted by Crippen LogP contribution is -2.16. The van der Waals surface area contributed by atoms with Crippen molar-refractivity contribution in [2.75, 3.05) is 19.1 Å². The number of anilines is 1. The van der Waals surface area contributed by atoms with Crippen molar-refractivity contribution in [2.45, 2.75) is 13.2 Å². The van der Waals surface area contributed by atoms with Crippen LogP contribution in [0.25, 0.3) is 0 Å². The van der Waals surface area contributed by atoms with Gasteiger partial charge in [0.2, 0.25) is 5.76 Å². The Morgan fingerprint density at radius 3 is 2.26 bits per heavy atom. The van der Waals surface area contributed by atoms with Crippen molar-refractivity contribution in [3.05, 3.63) is 77.7 Å². The molecule has 0 radical (unpaired) electrons. The van der Waals surface area contributed by atoms with Crippen LogP contribution in [0.15, 0.2) is 65.1 Å². The first-order valence-corrected chi connectivity index (χ1v) is 8.44. The van der Waals surface area contributed by atoms with Crippen LogP contribution in [0, 0.1) is 0 Å². The van der Waals surface area contributed by atoms with E-state index in [1.54, 1.807) is 13.2 Å². The Balaban J connectivity index is 1.56. The smallest absolute Gasteiger partial charge is 0.371 e. The molecule has 6 heteroatoms. The Morgan fingerprint density at radius 1 is 1.00 bits per heavy atom. The van der Waals surface area contributed by atoms with Gasteiger partial charge in [-0.15, -0.1) is 0 Å². The largest absolute Gasteiger partial charge is 0.497 e. The van der Waals surface area contributed by atoms with E-state index >= 15 is 0 Å². The van der Waals surface area contributed by atoms with Gasteiger partial charge in [0.05, 0.1) is 7.11 Å². The molecule has 0 saturated heterocycles. The van der Waals surface area contributed by atoms with Gasteiger partial charge in [0, 0.05) is 19.3 Å². The van der Waals surface area contributed by atoms with E-state index in [4.69, 9.17) is 19.0 Å². The van der Waals surface area contributed by atoms with E-state index in [1.807, 2.05) is 55.6 Å². The van der Waals surface area contributed by atoms with E-state index in [0.29, 0.717) is 11.5 Å². The Hall–Kier alpha value is -3.41. The maximum Gasteiger partial charge on any atom is 0.371 e. The molecule has 0 fully saturated rings. The minimum atomic E-state index is -1.09. The van der Waals surface area contributed by atoms with Gasteiger partial charge in [-0.3, -0.25) is 0 Å². The van der Waals surface area contributed by atoms with Crippen LogP contribution < -0.4 is 14.4 Å². The molecule has 1 N–H and O–H groups in total. The number of nitrogens with zero attached hydrogens (tertiary/aromatic N) is 1. The molecule has 2 aromatic carbocycles. The first-order chi connectivity index (χ1) is 13.0. The van der Waals surface area contributed by atoms with Crippen LogP contribution in [0.1, 0.15) is 21.9 Å². The summed E-state index contributed by atoms with van der Waals surface area (Å²) in [7, 11) is 3.68. The molecule has 0 bridgehead atoms. The molecule has 1 heterocycles. The van der Waals surface area contributed by atoms with E-state index in [-0.39, 0.29) is 12.4 Å². The summed E-state index contributed by atoms with van der Waals surface area (Å²) in [6.07, 6.45) is 0. The van der Waals surface area contributed by atoms with Crippen molar-refractivity contribution in [2.24, 2.45) is 0 Å². The highest BCUT2D eigenvalue weighted by molar-refractivity contribution is 5.84. The van der Waals surface area contributed by atoms with Crippen molar-refractivity contribution in [1.29, 1.82) is 0 Å². The molecule has 0 amide bonds. The summed E-state index contributed by atoms with van der Waals surface area (Å²) in [6, 6.07) is 18.7. The molecule has 27 heavy (non-hydrogen) atoms. The summed E-state index contributed by atoms with van der Waals surface area (Å²) in [5.74, 6) is 0.808. The molecule has 3 rings (SSSR count). The Labute approximate surface area is 157 Å². The zero-order valence-electron chi connectivity index (χ0n) is 15.2. The molecule has 3 aromatic rings. The van der Waals surface area contributed by atoms with E-state index < -0.39 is 5.97 Å². The van der Waals surface area contributed by atoms with Gasteiger partial charge in [0.1, 0.15) is 23.9 Å². The lowest BCUT2D eigenvalue weighted by molar-refractivity contribution is 0.0658. The van der Waals surface area contributed by atoms with Gasteiger partial charge in [-0.2, -0.15) is 0 Å². The van der Waals surface area contributed by atoms with Crippen LogP contribution in [0.3, 0.4) is 0 Å². The zero-order valence-corrected chi connectivity index (χ0v) is 15.2. The Kier molecular flexibility index (Phi) is 5.66. The maximum absolute atomic E-state index is 10.8. The first-order valence-electron chi connectivity index (χ1n) is 8.44. The van der Waals surface area contributed by atoms with Gasteiger partial charge in [-0.1, -0.05) is 12.1 Å². The minimum absolute atomic E-state index is 0.0934. The number of hydrogen-bond acceptors (Lipinski definition) is 5. The van der Waals surface area contributed by atoms with E-state index in [1.165, 1.54) is 11.6 Å². The number of carboxylic acids is 1. The standard InChI is InChI=1S/C21H21NO5/c1-22(13-15-3-7-17(25-2)8-4-15)16-5-9-18(10-6-16)26-14-19-11-12-20(27-19)21(23)24/h3-12H,13-14H2,1-2H3,(H,23,24). The Morgan fingerprint density at radius 2 is 1.67 bits per heavy atom. The van der Waals surface area contributed by atoms with Crippen LogP contribution >= 0.6 is 0 Å². The predicted molar refractivity (Wildman–Crippen MR) is 102 cm³/mol. The molecule has 140 valence electrons. The third-order valence-electron chi connectivity index (χ3n) is 4.11. The number of rotatable bonds is 8. The number of furan rings is 1. The summed E-state index contributed by atoms with van der Waals surface area (Å²) in [6.45, 7) is 0.947. The monoisotopic (exact) mass is 367 g/mol. The van der Waals surface area contributed by atoms with E-state index in [0.717, 1.165) is 18.0 Å². The van der Waals surface area contributed by atoms with Crippen LogP contribution in [0.5, 0.6) is 11.5 Å². The fourth-order valence-electron chi connectivity index (χ4n) is 2.62. The maximum atomic E-state index is 10.8. The van der Waals surface area contributed by atoms with Gasteiger partial charge >= 0.3 is 5.97 Å². The number of aromatic carboxylic acids is 1. The molecule has 1 aromatic heterocycles. The second-order valence-corrected chi connectivity index (χ2v) is 6.06. The number of ether oxygens (including phenoxy) is 2. The number of carbonyl (C=O) groups is 1. The SMILES string of the molecule is COc1ccc(CN(C)c2ccc(OCc3ccc(C(=O)O)o3)cc2)cc1. The molecular weight excluding hydrogens is 346 g/mol. The molecule has 0 aliphatic carbocycles. The van der Waals surface area contributed by atoms with Gasteiger partial charge in [-0.25, -0.2) is 4.79 Å². The summed E-state index contributed by atoms with van der Waals surface area (Å²) >= 11 is 0. The highest BCUT2D eigenvalue weighted by Crippen LogP contribution is 2.22. The topological polar surface area (TPSA) is 72.1 Å². The van der Waals surface area contributed by atoms with Crippen LogP contribution in [-0.2, 0) is 13.2 Å². The van der Waals surface area contributed by atoms with Gasteiger partial charge in [-0.05, 0) is 54.1 Å². The molecular formula is C21H21NO5. The van der Waals surface area contributed by atoms with Crippen molar-refractivity contribution in [1.82, 2.24) is 0 Å². The quantitative estimate of drug-likeness (QED) is 0.643. The summed E-state index contributed by atoms with van der Waals surface area (Å²) in [4.78, 5) is 12.9. The highest BCUT2D eigenvalue weighted by Gasteiger charge is 2.09. The van der Waals surface area contributed by atoms with E-state index in [2.05, 4.69) is 4.90 Å². The van der Waals surface area contributed by atoms with Gasteiger partial charge in [0.25, 0.3) is 0 Å². The third-order valence-corrected chi connectivity index (χ3v) is 4.11. The summed E-state index contributed by atoms with van der Waals surface area (Å²) < 4.78 is 16.0. The fourth-order valence-corrected chi connectivity index (χ4v) is 2.62. The average molecular weight is 367 g/mol. The fraction of sp³-hybridized carbons (Fsp3) is 0.190. The van der Waals surface area contributed by atoms with Crippen molar-refractivity contribution < 1.29 is 23.8 Å². The molecule has 0 atom stereocenters. The minimum Gasteiger partial charge on any atom is -0.497 e. The molecule has 0 unspecified atom stereocenters. The Bertz CT molecular complexity index is 884. The van der Waals surface area contributed by atoms with Crippen molar-refractivity contribution in [3.63, 3.8) is 0 Å². The lowest BCUT2D eigenvalue weighted by atomic mass is 10.2. The molecule has 0 saturated carbocycles. The van der Waals surface area contributed by atoms with Crippen molar-refractivity contribution in [3.8, 4) is 11.5 Å². The van der Waals surface area contributed by atoms with Crippen LogP contribution in [0.4, 0.5) is 5.69 Å². The average Bonchev–Trinajstić information content (AvgIpc) is 3.17. The molecule has 6 nitrogen and oxygen atoms in total. The van der Waals surface area contributed by atoms with Crippen molar-refractivity contribution >= 4 is 11.7 Å².